The van der Waals surface area contributed by atoms with Crippen LogP contribution in [-0.4, -0.2) is 23.2 Å². The number of rotatable bonds is 7. The van der Waals surface area contributed by atoms with E-state index in [1.165, 1.54) is 0 Å². The SMILES string of the molecule is CCC(Oc1cccc(CNC(C)C)c1)C(=O)O. The van der Waals surface area contributed by atoms with Crippen LogP contribution in [0.4, 0.5) is 0 Å². The van der Waals surface area contributed by atoms with Gasteiger partial charge in [-0.3, -0.25) is 0 Å². The lowest BCUT2D eigenvalue weighted by Crippen LogP contribution is -2.26. The Bertz CT molecular complexity index is 390. The van der Waals surface area contributed by atoms with Gasteiger partial charge in [-0.05, 0) is 24.1 Å². The van der Waals surface area contributed by atoms with Gasteiger partial charge in [0.2, 0.25) is 0 Å². The number of carboxylic acids is 1. The van der Waals surface area contributed by atoms with Gasteiger partial charge in [0, 0.05) is 12.6 Å². The molecule has 0 aromatic heterocycles. The zero-order valence-electron chi connectivity index (χ0n) is 11.1. The van der Waals surface area contributed by atoms with Gasteiger partial charge in [-0.15, -0.1) is 0 Å². The van der Waals surface area contributed by atoms with E-state index in [1.54, 1.807) is 13.0 Å². The largest absolute Gasteiger partial charge is 0.479 e. The lowest BCUT2D eigenvalue weighted by atomic mass is 10.2. The van der Waals surface area contributed by atoms with E-state index in [4.69, 9.17) is 9.84 Å². The molecule has 1 aromatic carbocycles. The van der Waals surface area contributed by atoms with Gasteiger partial charge in [0.05, 0.1) is 0 Å². The van der Waals surface area contributed by atoms with Crippen molar-refractivity contribution in [3.63, 3.8) is 0 Å². The lowest BCUT2D eigenvalue weighted by molar-refractivity contribution is -0.145. The molecule has 1 unspecified atom stereocenters. The molecule has 100 valence electrons. The third-order valence-corrected chi connectivity index (χ3v) is 2.54. The highest BCUT2D eigenvalue weighted by molar-refractivity contribution is 5.72. The molecule has 0 saturated carbocycles. The standard InChI is InChI=1S/C14H21NO3/c1-4-13(14(16)17)18-12-7-5-6-11(8-12)9-15-10(2)3/h5-8,10,13,15H,4,9H2,1-3H3,(H,16,17). The van der Waals surface area contributed by atoms with Gasteiger partial charge in [-0.1, -0.05) is 32.9 Å². The minimum Gasteiger partial charge on any atom is -0.479 e. The second-order valence-corrected chi connectivity index (χ2v) is 4.54. The minimum absolute atomic E-state index is 0.414. The van der Waals surface area contributed by atoms with Crippen LogP contribution in [0.5, 0.6) is 5.75 Å². The zero-order chi connectivity index (χ0) is 13.5. The second-order valence-electron chi connectivity index (χ2n) is 4.54. The fourth-order valence-electron chi connectivity index (χ4n) is 1.52. The molecule has 0 aliphatic heterocycles. The molecule has 0 fully saturated rings. The number of hydrogen-bond acceptors (Lipinski definition) is 3. The van der Waals surface area contributed by atoms with Crippen LogP contribution in [0.25, 0.3) is 0 Å². The molecule has 0 aliphatic rings. The molecule has 0 aliphatic carbocycles. The molecular formula is C14H21NO3. The Hall–Kier alpha value is -1.55. The quantitative estimate of drug-likeness (QED) is 0.781. The monoisotopic (exact) mass is 251 g/mol. The Morgan fingerprint density at radius 2 is 2.17 bits per heavy atom. The van der Waals surface area contributed by atoms with Crippen molar-refractivity contribution in [3.05, 3.63) is 29.8 Å². The Morgan fingerprint density at radius 1 is 1.44 bits per heavy atom. The Morgan fingerprint density at radius 3 is 2.72 bits per heavy atom. The van der Waals surface area contributed by atoms with Crippen LogP contribution in [0.1, 0.15) is 32.8 Å². The van der Waals surface area contributed by atoms with Crippen molar-refractivity contribution < 1.29 is 14.6 Å². The van der Waals surface area contributed by atoms with E-state index < -0.39 is 12.1 Å². The van der Waals surface area contributed by atoms with Crippen molar-refractivity contribution in [2.45, 2.75) is 45.9 Å². The van der Waals surface area contributed by atoms with Crippen molar-refractivity contribution in [1.82, 2.24) is 5.32 Å². The predicted octanol–water partition coefficient (Wildman–Crippen LogP) is 2.43. The van der Waals surface area contributed by atoms with Crippen LogP contribution in [0.2, 0.25) is 0 Å². The average molecular weight is 251 g/mol. The first-order valence-electron chi connectivity index (χ1n) is 6.24. The van der Waals surface area contributed by atoms with Crippen LogP contribution >= 0.6 is 0 Å². The van der Waals surface area contributed by atoms with Crippen LogP contribution in [0.3, 0.4) is 0 Å². The number of carboxylic acid groups (broad SMARTS) is 1. The van der Waals surface area contributed by atoms with Gasteiger partial charge in [0.15, 0.2) is 6.10 Å². The molecule has 4 heteroatoms. The summed E-state index contributed by atoms with van der Waals surface area (Å²) in [6.45, 7) is 6.71. The fourth-order valence-corrected chi connectivity index (χ4v) is 1.52. The summed E-state index contributed by atoms with van der Waals surface area (Å²) < 4.78 is 5.45. The maximum Gasteiger partial charge on any atom is 0.344 e. The van der Waals surface area contributed by atoms with Gasteiger partial charge < -0.3 is 15.2 Å². The molecule has 18 heavy (non-hydrogen) atoms. The van der Waals surface area contributed by atoms with E-state index in [-0.39, 0.29) is 0 Å². The molecule has 1 rings (SSSR count). The van der Waals surface area contributed by atoms with Crippen LogP contribution < -0.4 is 10.1 Å². The molecule has 4 nitrogen and oxygen atoms in total. The highest BCUT2D eigenvalue weighted by Gasteiger charge is 2.16. The van der Waals surface area contributed by atoms with Crippen LogP contribution in [-0.2, 0) is 11.3 Å². The first-order valence-corrected chi connectivity index (χ1v) is 6.24. The Balaban J connectivity index is 2.66. The highest BCUT2D eigenvalue weighted by Crippen LogP contribution is 2.16. The number of aliphatic carboxylic acids is 1. The predicted molar refractivity (Wildman–Crippen MR) is 70.8 cm³/mol. The molecule has 0 amide bonds. The number of carbonyl (C=O) groups is 1. The molecule has 0 spiro atoms. The van der Waals surface area contributed by atoms with Crippen LogP contribution in [0.15, 0.2) is 24.3 Å². The third kappa shape index (κ3) is 4.75. The van der Waals surface area contributed by atoms with Gasteiger partial charge in [0.25, 0.3) is 0 Å². The Kier molecular flexibility index (Phi) is 5.65. The summed E-state index contributed by atoms with van der Waals surface area (Å²) in [4.78, 5) is 10.9. The molecule has 0 saturated heterocycles. The number of nitrogens with one attached hydrogen (secondary N) is 1. The van der Waals surface area contributed by atoms with Gasteiger partial charge in [-0.25, -0.2) is 4.79 Å². The smallest absolute Gasteiger partial charge is 0.344 e. The summed E-state index contributed by atoms with van der Waals surface area (Å²) in [6, 6.07) is 7.94. The fraction of sp³-hybridized carbons (Fsp3) is 0.500. The summed E-state index contributed by atoms with van der Waals surface area (Å²) in [7, 11) is 0. The van der Waals surface area contributed by atoms with Crippen molar-refractivity contribution in [2.75, 3.05) is 0 Å². The van der Waals surface area contributed by atoms with Crippen LogP contribution in [0, 0.1) is 0 Å². The van der Waals surface area contributed by atoms with Crippen molar-refractivity contribution in [1.29, 1.82) is 0 Å². The molecule has 2 N–H and O–H groups in total. The van der Waals surface area contributed by atoms with E-state index in [1.807, 2.05) is 18.2 Å². The lowest BCUT2D eigenvalue weighted by Gasteiger charge is -2.14. The van der Waals surface area contributed by atoms with Crippen molar-refractivity contribution >= 4 is 5.97 Å². The summed E-state index contributed by atoms with van der Waals surface area (Å²) >= 11 is 0. The highest BCUT2D eigenvalue weighted by atomic mass is 16.5. The van der Waals surface area contributed by atoms with Crippen molar-refractivity contribution in [3.8, 4) is 5.75 Å². The number of ether oxygens (including phenoxy) is 1. The maximum absolute atomic E-state index is 10.9. The minimum atomic E-state index is -0.928. The summed E-state index contributed by atoms with van der Waals surface area (Å²) in [6.07, 6.45) is -0.331. The van der Waals surface area contributed by atoms with Gasteiger partial charge in [0.1, 0.15) is 5.75 Å². The molecule has 1 aromatic rings. The first-order chi connectivity index (χ1) is 8.52. The van der Waals surface area contributed by atoms with E-state index in [0.717, 1.165) is 12.1 Å². The van der Waals surface area contributed by atoms with E-state index in [9.17, 15) is 4.79 Å². The zero-order valence-corrected chi connectivity index (χ0v) is 11.1. The number of benzene rings is 1. The molecular weight excluding hydrogens is 230 g/mol. The summed E-state index contributed by atoms with van der Waals surface area (Å²) in [5.74, 6) is -0.324. The van der Waals surface area contributed by atoms with Crippen molar-refractivity contribution in [2.24, 2.45) is 0 Å². The molecule has 1 atom stereocenters. The molecule has 0 radical (unpaired) electrons. The molecule has 0 bridgehead atoms. The van der Waals surface area contributed by atoms with Gasteiger partial charge >= 0.3 is 5.97 Å². The summed E-state index contributed by atoms with van der Waals surface area (Å²) in [5.41, 5.74) is 1.08. The third-order valence-electron chi connectivity index (χ3n) is 2.54. The second kappa shape index (κ2) is 7.01. The topological polar surface area (TPSA) is 58.6 Å². The van der Waals surface area contributed by atoms with Gasteiger partial charge in [-0.2, -0.15) is 0 Å². The summed E-state index contributed by atoms with van der Waals surface area (Å²) in [5, 5.41) is 12.2. The molecule has 0 heterocycles. The number of hydrogen-bond donors (Lipinski definition) is 2. The van der Waals surface area contributed by atoms with E-state index in [0.29, 0.717) is 18.2 Å². The first kappa shape index (κ1) is 14.5. The van der Waals surface area contributed by atoms with E-state index >= 15 is 0 Å². The maximum atomic E-state index is 10.9. The van der Waals surface area contributed by atoms with E-state index in [2.05, 4.69) is 19.2 Å². The average Bonchev–Trinajstić information content (AvgIpc) is 2.33. The Labute approximate surface area is 108 Å². The normalized spacial score (nSPS) is 12.4.